The zero-order chi connectivity index (χ0) is 14.5. The number of rotatable bonds is 5. The van der Waals surface area contributed by atoms with Crippen LogP contribution in [0.2, 0.25) is 0 Å². The SMILES string of the molecule is COc1ccc(C(=O)COc2cccc(C)c2)cc1F. The number of carbonyl (C=O) groups is 1. The van der Waals surface area contributed by atoms with Crippen LogP contribution in [-0.4, -0.2) is 19.5 Å². The number of aryl methyl sites for hydroxylation is 1. The van der Waals surface area contributed by atoms with Gasteiger partial charge in [0.1, 0.15) is 5.75 Å². The lowest BCUT2D eigenvalue weighted by Gasteiger charge is -2.07. The summed E-state index contributed by atoms with van der Waals surface area (Å²) < 4.78 is 23.7. The van der Waals surface area contributed by atoms with E-state index in [9.17, 15) is 9.18 Å². The highest BCUT2D eigenvalue weighted by atomic mass is 19.1. The minimum absolute atomic E-state index is 0.112. The largest absolute Gasteiger partial charge is 0.494 e. The van der Waals surface area contributed by atoms with Gasteiger partial charge in [-0.1, -0.05) is 12.1 Å². The molecule has 2 aromatic carbocycles. The van der Waals surface area contributed by atoms with Crippen molar-refractivity contribution in [3.8, 4) is 11.5 Å². The number of hydrogen-bond acceptors (Lipinski definition) is 3. The molecule has 0 heterocycles. The van der Waals surface area contributed by atoms with Gasteiger partial charge < -0.3 is 9.47 Å². The third kappa shape index (κ3) is 3.35. The van der Waals surface area contributed by atoms with Gasteiger partial charge in [0.2, 0.25) is 0 Å². The molecule has 0 aliphatic heterocycles. The van der Waals surface area contributed by atoms with Crippen LogP contribution in [-0.2, 0) is 0 Å². The highest BCUT2D eigenvalue weighted by Gasteiger charge is 2.11. The smallest absolute Gasteiger partial charge is 0.200 e. The molecule has 0 aliphatic carbocycles. The van der Waals surface area contributed by atoms with Crippen molar-refractivity contribution in [3.63, 3.8) is 0 Å². The third-order valence-electron chi connectivity index (χ3n) is 2.83. The van der Waals surface area contributed by atoms with E-state index in [1.54, 1.807) is 6.07 Å². The molecule has 0 aliphatic rings. The minimum atomic E-state index is -0.561. The Morgan fingerprint density at radius 3 is 2.65 bits per heavy atom. The molecule has 2 aromatic rings. The van der Waals surface area contributed by atoms with E-state index in [1.165, 1.54) is 19.2 Å². The van der Waals surface area contributed by atoms with Crippen molar-refractivity contribution in [2.45, 2.75) is 6.92 Å². The molecular formula is C16H15FO3. The van der Waals surface area contributed by atoms with Gasteiger partial charge in [-0.3, -0.25) is 4.79 Å². The third-order valence-corrected chi connectivity index (χ3v) is 2.83. The highest BCUT2D eigenvalue weighted by Crippen LogP contribution is 2.18. The number of ketones is 1. The van der Waals surface area contributed by atoms with E-state index in [1.807, 2.05) is 25.1 Å². The monoisotopic (exact) mass is 274 g/mol. The van der Waals surface area contributed by atoms with E-state index in [2.05, 4.69) is 0 Å². The van der Waals surface area contributed by atoms with E-state index >= 15 is 0 Å². The molecule has 0 saturated carbocycles. The van der Waals surface area contributed by atoms with Gasteiger partial charge in [0.25, 0.3) is 0 Å². The van der Waals surface area contributed by atoms with E-state index in [4.69, 9.17) is 9.47 Å². The predicted molar refractivity (Wildman–Crippen MR) is 74.0 cm³/mol. The Balaban J connectivity index is 2.03. The second-order valence-electron chi connectivity index (χ2n) is 4.38. The van der Waals surface area contributed by atoms with Crippen molar-refractivity contribution in [3.05, 3.63) is 59.4 Å². The zero-order valence-electron chi connectivity index (χ0n) is 11.4. The van der Waals surface area contributed by atoms with Gasteiger partial charge in [0, 0.05) is 5.56 Å². The second-order valence-corrected chi connectivity index (χ2v) is 4.38. The fourth-order valence-electron chi connectivity index (χ4n) is 1.78. The van der Waals surface area contributed by atoms with Gasteiger partial charge in [-0.05, 0) is 42.8 Å². The Kier molecular flexibility index (Phi) is 4.35. The lowest BCUT2D eigenvalue weighted by Crippen LogP contribution is -2.12. The average Bonchev–Trinajstić information content (AvgIpc) is 2.44. The van der Waals surface area contributed by atoms with Crippen LogP contribution in [0.15, 0.2) is 42.5 Å². The summed E-state index contributed by atoms with van der Waals surface area (Å²) in [4.78, 5) is 11.9. The number of Topliss-reactive ketones (excluding diaryl/α,β-unsaturated/α-hetero) is 1. The topological polar surface area (TPSA) is 35.5 Å². The Hall–Kier alpha value is -2.36. The fraction of sp³-hybridized carbons (Fsp3) is 0.188. The number of benzene rings is 2. The van der Waals surface area contributed by atoms with Crippen molar-refractivity contribution < 1.29 is 18.7 Å². The predicted octanol–water partition coefficient (Wildman–Crippen LogP) is 3.40. The van der Waals surface area contributed by atoms with Crippen molar-refractivity contribution in [1.29, 1.82) is 0 Å². The van der Waals surface area contributed by atoms with Crippen molar-refractivity contribution in [1.82, 2.24) is 0 Å². The van der Waals surface area contributed by atoms with Gasteiger partial charge in [0.05, 0.1) is 7.11 Å². The van der Waals surface area contributed by atoms with E-state index in [0.29, 0.717) is 5.75 Å². The maximum absolute atomic E-state index is 13.5. The molecule has 0 fully saturated rings. The summed E-state index contributed by atoms with van der Waals surface area (Å²) in [6.45, 7) is 1.81. The summed E-state index contributed by atoms with van der Waals surface area (Å²) in [5.74, 6) is -0.115. The molecule has 4 heteroatoms. The van der Waals surface area contributed by atoms with Gasteiger partial charge in [-0.15, -0.1) is 0 Å². The molecule has 3 nitrogen and oxygen atoms in total. The number of halogens is 1. The maximum Gasteiger partial charge on any atom is 0.200 e. The minimum Gasteiger partial charge on any atom is -0.494 e. The molecule has 0 spiro atoms. The van der Waals surface area contributed by atoms with Crippen LogP contribution < -0.4 is 9.47 Å². The molecule has 0 aromatic heterocycles. The average molecular weight is 274 g/mol. The molecular weight excluding hydrogens is 259 g/mol. The molecule has 20 heavy (non-hydrogen) atoms. The number of hydrogen-bond donors (Lipinski definition) is 0. The summed E-state index contributed by atoms with van der Waals surface area (Å²) in [7, 11) is 1.38. The first-order valence-electron chi connectivity index (χ1n) is 6.16. The number of carbonyl (C=O) groups excluding carboxylic acids is 1. The maximum atomic E-state index is 13.5. The molecule has 0 saturated heterocycles. The molecule has 0 unspecified atom stereocenters. The van der Waals surface area contributed by atoms with Crippen LogP contribution in [0.5, 0.6) is 11.5 Å². The molecule has 0 N–H and O–H groups in total. The standard InChI is InChI=1S/C16H15FO3/c1-11-4-3-5-13(8-11)20-10-15(18)12-6-7-16(19-2)14(17)9-12/h3-9H,10H2,1-2H3. The van der Waals surface area contributed by atoms with Crippen LogP contribution in [0.4, 0.5) is 4.39 Å². The Morgan fingerprint density at radius 1 is 1.20 bits per heavy atom. The zero-order valence-corrected chi connectivity index (χ0v) is 11.4. The highest BCUT2D eigenvalue weighted by molar-refractivity contribution is 5.97. The first kappa shape index (κ1) is 14.1. The lowest BCUT2D eigenvalue weighted by molar-refractivity contribution is 0.0921. The molecule has 104 valence electrons. The van der Waals surface area contributed by atoms with Crippen molar-refractivity contribution in [2.24, 2.45) is 0 Å². The van der Waals surface area contributed by atoms with Gasteiger partial charge in [-0.25, -0.2) is 4.39 Å². The summed E-state index contributed by atoms with van der Waals surface area (Å²) in [6.07, 6.45) is 0. The molecule has 0 atom stereocenters. The number of ether oxygens (including phenoxy) is 2. The van der Waals surface area contributed by atoms with Crippen molar-refractivity contribution >= 4 is 5.78 Å². The number of methoxy groups -OCH3 is 1. The normalized spacial score (nSPS) is 10.2. The summed E-state index contributed by atoms with van der Waals surface area (Å²) >= 11 is 0. The van der Waals surface area contributed by atoms with E-state index in [-0.39, 0.29) is 23.7 Å². The van der Waals surface area contributed by atoms with Crippen LogP contribution in [0.1, 0.15) is 15.9 Å². The van der Waals surface area contributed by atoms with Gasteiger partial charge in [-0.2, -0.15) is 0 Å². The Bertz CT molecular complexity index is 623. The van der Waals surface area contributed by atoms with Crippen LogP contribution in [0.3, 0.4) is 0 Å². The second kappa shape index (κ2) is 6.19. The fourth-order valence-corrected chi connectivity index (χ4v) is 1.78. The first-order chi connectivity index (χ1) is 9.60. The van der Waals surface area contributed by atoms with E-state index < -0.39 is 5.82 Å². The molecule has 0 amide bonds. The Morgan fingerprint density at radius 2 is 2.00 bits per heavy atom. The quantitative estimate of drug-likeness (QED) is 0.784. The summed E-state index contributed by atoms with van der Waals surface area (Å²) in [6, 6.07) is 11.5. The lowest BCUT2D eigenvalue weighted by atomic mass is 10.1. The first-order valence-corrected chi connectivity index (χ1v) is 6.16. The van der Waals surface area contributed by atoms with Gasteiger partial charge in [0.15, 0.2) is 24.0 Å². The van der Waals surface area contributed by atoms with Gasteiger partial charge >= 0.3 is 0 Å². The van der Waals surface area contributed by atoms with Crippen LogP contribution >= 0.6 is 0 Å². The van der Waals surface area contributed by atoms with Crippen molar-refractivity contribution in [2.75, 3.05) is 13.7 Å². The van der Waals surface area contributed by atoms with Crippen LogP contribution in [0, 0.1) is 12.7 Å². The molecule has 0 bridgehead atoms. The van der Waals surface area contributed by atoms with Crippen LogP contribution in [0.25, 0.3) is 0 Å². The molecule has 2 rings (SSSR count). The Labute approximate surface area is 117 Å². The summed E-state index contributed by atoms with van der Waals surface area (Å²) in [5.41, 5.74) is 1.31. The summed E-state index contributed by atoms with van der Waals surface area (Å²) in [5, 5.41) is 0. The molecule has 0 radical (unpaired) electrons. The van der Waals surface area contributed by atoms with E-state index in [0.717, 1.165) is 11.6 Å².